The van der Waals surface area contributed by atoms with Crippen LogP contribution < -0.4 is 0 Å². The SMILES string of the molecule is C#C[C@]1(O)CC[C@@H]2[C@@H]3CCC4=CC(=O)C=C[C@]4(C)[C@@H]3CC[C@@]21C. The lowest BCUT2D eigenvalue weighted by molar-refractivity contribution is -0.111. The van der Waals surface area contributed by atoms with Crippen molar-refractivity contribution in [2.24, 2.45) is 28.6 Å². The number of hydrogen-bond acceptors (Lipinski definition) is 2. The van der Waals surface area contributed by atoms with Gasteiger partial charge in [0.05, 0.1) is 0 Å². The zero-order valence-electron chi connectivity index (χ0n) is 14.1. The maximum Gasteiger partial charge on any atom is 0.178 e. The average Bonchev–Trinajstić information content (AvgIpc) is 2.80. The van der Waals surface area contributed by atoms with Crippen LogP contribution in [0.1, 0.15) is 52.4 Å². The minimum Gasteiger partial charge on any atom is -0.377 e. The van der Waals surface area contributed by atoms with Crippen molar-refractivity contribution in [1.82, 2.24) is 0 Å². The largest absolute Gasteiger partial charge is 0.377 e. The quantitative estimate of drug-likeness (QED) is 0.693. The second-order valence-electron chi connectivity index (χ2n) is 8.60. The number of aliphatic hydroxyl groups is 1. The van der Waals surface area contributed by atoms with Gasteiger partial charge in [-0.25, -0.2) is 0 Å². The van der Waals surface area contributed by atoms with Crippen molar-refractivity contribution < 1.29 is 9.90 Å². The Morgan fingerprint density at radius 2 is 1.96 bits per heavy atom. The van der Waals surface area contributed by atoms with Crippen LogP contribution in [0.5, 0.6) is 0 Å². The molecule has 0 aromatic rings. The number of rotatable bonds is 0. The first-order valence-corrected chi connectivity index (χ1v) is 8.98. The van der Waals surface area contributed by atoms with E-state index in [9.17, 15) is 9.90 Å². The molecule has 4 aliphatic rings. The highest BCUT2D eigenvalue weighted by atomic mass is 16.3. The van der Waals surface area contributed by atoms with Gasteiger partial charge in [0.1, 0.15) is 5.60 Å². The van der Waals surface area contributed by atoms with Crippen LogP contribution in [0, 0.1) is 40.9 Å². The van der Waals surface area contributed by atoms with Gasteiger partial charge in [-0.3, -0.25) is 4.79 Å². The summed E-state index contributed by atoms with van der Waals surface area (Å²) in [6, 6.07) is 0. The summed E-state index contributed by atoms with van der Waals surface area (Å²) < 4.78 is 0. The summed E-state index contributed by atoms with van der Waals surface area (Å²) in [5, 5.41) is 11.0. The van der Waals surface area contributed by atoms with Gasteiger partial charge in [-0.05, 0) is 68.4 Å². The molecule has 0 unspecified atom stereocenters. The Morgan fingerprint density at radius 3 is 2.70 bits per heavy atom. The minimum atomic E-state index is -0.933. The van der Waals surface area contributed by atoms with E-state index in [2.05, 4.69) is 25.8 Å². The van der Waals surface area contributed by atoms with Crippen LogP contribution >= 0.6 is 0 Å². The summed E-state index contributed by atoms with van der Waals surface area (Å²) in [4.78, 5) is 11.8. The second-order valence-corrected chi connectivity index (χ2v) is 8.60. The molecule has 0 spiro atoms. The third-order valence-corrected chi connectivity index (χ3v) is 7.95. The molecule has 0 radical (unpaired) electrons. The third kappa shape index (κ3) is 1.78. The van der Waals surface area contributed by atoms with Crippen LogP contribution in [-0.4, -0.2) is 16.5 Å². The molecular weight excluding hydrogens is 284 g/mol. The fraction of sp³-hybridized carbons (Fsp3) is 0.667. The van der Waals surface area contributed by atoms with Crippen LogP contribution in [-0.2, 0) is 4.79 Å². The Labute approximate surface area is 139 Å². The molecule has 2 nitrogen and oxygen atoms in total. The van der Waals surface area contributed by atoms with E-state index in [4.69, 9.17) is 6.42 Å². The first kappa shape index (κ1) is 15.2. The van der Waals surface area contributed by atoms with E-state index >= 15 is 0 Å². The van der Waals surface area contributed by atoms with Gasteiger partial charge in [-0.1, -0.05) is 31.4 Å². The number of terminal acetylenes is 1. The molecule has 0 aliphatic heterocycles. The fourth-order valence-electron chi connectivity index (χ4n) is 6.45. The Morgan fingerprint density at radius 1 is 1.22 bits per heavy atom. The van der Waals surface area contributed by atoms with E-state index < -0.39 is 5.60 Å². The van der Waals surface area contributed by atoms with Crippen molar-refractivity contribution in [2.75, 3.05) is 0 Å². The van der Waals surface area contributed by atoms with Gasteiger partial charge in [0.15, 0.2) is 5.78 Å². The normalized spacial score (nSPS) is 51.3. The maximum atomic E-state index is 11.8. The van der Waals surface area contributed by atoms with Crippen molar-refractivity contribution in [3.63, 3.8) is 0 Å². The monoisotopic (exact) mass is 310 g/mol. The van der Waals surface area contributed by atoms with E-state index in [1.807, 2.05) is 6.08 Å². The van der Waals surface area contributed by atoms with Gasteiger partial charge in [0, 0.05) is 10.8 Å². The molecule has 3 fully saturated rings. The van der Waals surface area contributed by atoms with Crippen molar-refractivity contribution >= 4 is 5.78 Å². The van der Waals surface area contributed by atoms with Gasteiger partial charge >= 0.3 is 0 Å². The van der Waals surface area contributed by atoms with Crippen LogP contribution in [0.15, 0.2) is 23.8 Å². The Kier molecular flexibility index (Phi) is 3.05. The Bertz CT molecular complexity index is 666. The van der Waals surface area contributed by atoms with Crippen LogP contribution in [0.25, 0.3) is 0 Å². The number of allylic oxidation sites excluding steroid dienone is 4. The molecule has 4 rings (SSSR count). The molecular formula is C21H26O2. The van der Waals surface area contributed by atoms with Crippen LogP contribution in [0.2, 0.25) is 0 Å². The zero-order valence-corrected chi connectivity index (χ0v) is 14.1. The summed E-state index contributed by atoms with van der Waals surface area (Å²) in [5.74, 6) is 4.56. The standard InChI is InChI=1S/C21H26O2/c1-4-21(23)12-9-18-16-6-5-14-13-15(22)7-10-19(14,2)17(16)8-11-20(18,21)3/h1,7,10,13,16-18,23H,5-6,8-9,11-12H2,2-3H3/t16-,17-,18-,19+,20+,21+/m1/s1. The molecule has 122 valence electrons. The number of fused-ring (bicyclic) bond motifs is 5. The number of ketones is 1. The first-order valence-electron chi connectivity index (χ1n) is 8.98. The van der Waals surface area contributed by atoms with E-state index in [1.165, 1.54) is 5.57 Å². The van der Waals surface area contributed by atoms with Crippen molar-refractivity contribution in [1.29, 1.82) is 0 Å². The smallest absolute Gasteiger partial charge is 0.178 e. The van der Waals surface area contributed by atoms with Crippen LogP contribution in [0.3, 0.4) is 0 Å². The van der Waals surface area contributed by atoms with Gasteiger partial charge in [-0.15, -0.1) is 6.42 Å². The minimum absolute atomic E-state index is 0.0228. The van der Waals surface area contributed by atoms with Crippen molar-refractivity contribution in [2.45, 2.75) is 58.0 Å². The lowest BCUT2D eigenvalue weighted by Crippen LogP contribution is -2.53. The van der Waals surface area contributed by atoms with Crippen molar-refractivity contribution in [3.8, 4) is 12.3 Å². The molecule has 4 aliphatic carbocycles. The van der Waals surface area contributed by atoms with E-state index in [0.717, 1.165) is 38.5 Å². The fourth-order valence-corrected chi connectivity index (χ4v) is 6.45. The van der Waals surface area contributed by atoms with Gasteiger partial charge in [0.2, 0.25) is 0 Å². The highest BCUT2D eigenvalue weighted by molar-refractivity contribution is 6.01. The molecule has 0 saturated heterocycles. The lowest BCUT2D eigenvalue weighted by Gasteiger charge is -2.57. The second kappa shape index (κ2) is 4.61. The molecule has 2 heteroatoms. The topological polar surface area (TPSA) is 37.3 Å². The number of hydrogen-bond donors (Lipinski definition) is 1. The van der Waals surface area contributed by atoms with E-state index in [1.54, 1.807) is 6.08 Å². The summed E-state index contributed by atoms with van der Waals surface area (Å²) in [6.07, 6.45) is 17.5. The molecule has 0 aromatic heterocycles. The molecule has 0 bridgehead atoms. The summed E-state index contributed by atoms with van der Waals surface area (Å²) >= 11 is 0. The molecule has 0 heterocycles. The predicted molar refractivity (Wildman–Crippen MR) is 90.4 cm³/mol. The molecule has 1 N–H and O–H groups in total. The summed E-state index contributed by atoms with van der Waals surface area (Å²) in [7, 11) is 0. The molecule has 23 heavy (non-hydrogen) atoms. The molecule has 0 aromatic carbocycles. The van der Waals surface area contributed by atoms with Crippen LogP contribution in [0.4, 0.5) is 0 Å². The number of carbonyl (C=O) groups excluding carboxylic acids is 1. The summed E-state index contributed by atoms with van der Waals surface area (Å²) in [5.41, 5.74) is 0.266. The van der Waals surface area contributed by atoms with Gasteiger partial charge < -0.3 is 5.11 Å². The van der Waals surface area contributed by atoms with E-state index in [0.29, 0.717) is 17.8 Å². The third-order valence-electron chi connectivity index (χ3n) is 7.95. The molecule has 0 amide bonds. The Hall–Kier alpha value is -1.33. The highest BCUT2D eigenvalue weighted by Gasteiger charge is 2.63. The van der Waals surface area contributed by atoms with Gasteiger partial charge in [0.25, 0.3) is 0 Å². The zero-order chi connectivity index (χ0) is 16.5. The van der Waals surface area contributed by atoms with E-state index in [-0.39, 0.29) is 16.6 Å². The molecule has 3 saturated carbocycles. The first-order chi connectivity index (χ1) is 10.8. The average molecular weight is 310 g/mol. The maximum absolute atomic E-state index is 11.8. The predicted octanol–water partition coefficient (Wildman–Crippen LogP) is 3.66. The van der Waals surface area contributed by atoms with Crippen molar-refractivity contribution in [3.05, 3.63) is 23.8 Å². The Balaban J connectivity index is 1.72. The highest BCUT2D eigenvalue weighted by Crippen LogP contribution is 2.66. The molecule has 6 atom stereocenters. The lowest BCUT2D eigenvalue weighted by atomic mass is 9.47. The van der Waals surface area contributed by atoms with Gasteiger partial charge in [-0.2, -0.15) is 0 Å². The summed E-state index contributed by atoms with van der Waals surface area (Å²) in [6.45, 7) is 4.53. The number of carbonyl (C=O) groups is 1.